The molecule has 0 aliphatic rings. The van der Waals surface area contributed by atoms with E-state index < -0.39 is 0 Å². The maximum atomic E-state index is 2.51. The Bertz CT molecular complexity index is 412. The molecule has 0 fully saturated rings. The molecule has 0 saturated heterocycles. The van der Waals surface area contributed by atoms with Crippen LogP contribution in [0, 0.1) is 17.8 Å². The average Bonchev–Trinajstić information content (AvgIpc) is 2.90. The van der Waals surface area contributed by atoms with Gasteiger partial charge in [-0.3, -0.25) is 0 Å². The number of hydrogen-bond acceptors (Lipinski definition) is 0. The lowest BCUT2D eigenvalue weighted by Crippen LogP contribution is -1.99. The van der Waals surface area contributed by atoms with Gasteiger partial charge in [-0.2, -0.15) is 0 Å². The van der Waals surface area contributed by atoms with Crippen molar-refractivity contribution in [2.24, 2.45) is 17.8 Å². The zero-order valence-electron chi connectivity index (χ0n) is 27.9. The van der Waals surface area contributed by atoms with E-state index in [1.54, 1.807) is 0 Å². The fourth-order valence-electron chi connectivity index (χ4n) is 6.37. The second-order valence-electron chi connectivity index (χ2n) is 13.8. The molecular formula is C38H78. The SMILES string of the molecule is CCCCCCCCCCCCC(C)CCCCCCCC(C)CCCC(C)CCCCCCCCCC. The van der Waals surface area contributed by atoms with Gasteiger partial charge in [0, 0.05) is 0 Å². The smallest absolute Gasteiger partial charge is 0.0443 e. The molecule has 3 unspecified atom stereocenters. The molecule has 38 heavy (non-hydrogen) atoms. The van der Waals surface area contributed by atoms with Crippen LogP contribution in [0.5, 0.6) is 0 Å². The summed E-state index contributed by atoms with van der Waals surface area (Å²) in [6.45, 7) is 12.1. The van der Waals surface area contributed by atoms with Gasteiger partial charge in [-0.25, -0.2) is 0 Å². The maximum absolute atomic E-state index is 2.51. The molecule has 0 bridgehead atoms. The van der Waals surface area contributed by atoms with Crippen molar-refractivity contribution in [3.8, 4) is 0 Å². The minimum Gasteiger partial charge on any atom is -0.0654 e. The van der Waals surface area contributed by atoms with Gasteiger partial charge in [0.05, 0.1) is 0 Å². The van der Waals surface area contributed by atoms with Crippen LogP contribution < -0.4 is 0 Å². The molecule has 0 heterocycles. The Morgan fingerprint density at radius 2 is 0.421 bits per heavy atom. The third kappa shape index (κ3) is 30.5. The molecule has 0 heteroatoms. The zero-order valence-corrected chi connectivity index (χ0v) is 27.9. The molecule has 0 rings (SSSR count). The molecule has 0 nitrogen and oxygen atoms in total. The monoisotopic (exact) mass is 535 g/mol. The Morgan fingerprint density at radius 3 is 0.658 bits per heavy atom. The van der Waals surface area contributed by atoms with E-state index in [2.05, 4.69) is 34.6 Å². The largest absolute Gasteiger partial charge is 0.0654 e. The first kappa shape index (κ1) is 38.0. The van der Waals surface area contributed by atoms with Crippen molar-refractivity contribution in [3.63, 3.8) is 0 Å². The summed E-state index contributed by atoms with van der Waals surface area (Å²) in [5, 5.41) is 0. The van der Waals surface area contributed by atoms with Gasteiger partial charge in [-0.15, -0.1) is 0 Å². The summed E-state index contributed by atoms with van der Waals surface area (Å²) in [7, 11) is 0. The predicted octanol–water partition coefficient (Wildman–Crippen LogP) is 14.6. The van der Waals surface area contributed by atoms with Crippen LogP contribution in [0.25, 0.3) is 0 Å². The van der Waals surface area contributed by atoms with Crippen molar-refractivity contribution in [2.45, 2.75) is 227 Å². The standard InChI is InChI=1S/C38H78/c1-6-8-10-12-14-16-17-19-22-25-30-36(3)31-27-23-20-24-28-33-38(5)35-29-34-37(4)32-26-21-18-15-13-11-9-7-2/h36-38H,6-35H2,1-5H3. The topological polar surface area (TPSA) is 0 Å². The van der Waals surface area contributed by atoms with E-state index in [9.17, 15) is 0 Å². The molecule has 0 aromatic heterocycles. The van der Waals surface area contributed by atoms with Crippen LogP contribution in [0.4, 0.5) is 0 Å². The number of hydrogen-bond donors (Lipinski definition) is 0. The summed E-state index contributed by atoms with van der Waals surface area (Å²) in [6.07, 6.45) is 44.0. The molecule has 0 aromatic carbocycles. The molecule has 0 N–H and O–H groups in total. The molecule has 0 amide bonds. The Labute approximate surface area is 244 Å². The van der Waals surface area contributed by atoms with E-state index >= 15 is 0 Å². The lowest BCUT2D eigenvalue weighted by atomic mass is 9.92. The first-order chi connectivity index (χ1) is 18.6. The van der Waals surface area contributed by atoms with Crippen LogP contribution >= 0.6 is 0 Å². The molecule has 3 atom stereocenters. The van der Waals surface area contributed by atoms with E-state index in [-0.39, 0.29) is 0 Å². The lowest BCUT2D eigenvalue weighted by molar-refractivity contribution is 0.389. The second kappa shape index (κ2) is 31.5. The number of rotatable bonds is 32. The second-order valence-corrected chi connectivity index (χ2v) is 13.8. The van der Waals surface area contributed by atoms with Gasteiger partial charge < -0.3 is 0 Å². The Morgan fingerprint density at radius 1 is 0.237 bits per heavy atom. The van der Waals surface area contributed by atoms with Crippen LogP contribution in [0.1, 0.15) is 227 Å². The predicted molar refractivity (Wildman–Crippen MR) is 177 cm³/mol. The van der Waals surface area contributed by atoms with Gasteiger partial charge in [0.1, 0.15) is 0 Å². The van der Waals surface area contributed by atoms with Gasteiger partial charge in [-0.05, 0) is 17.8 Å². The van der Waals surface area contributed by atoms with E-state index in [1.807, 2.05) is 0 Å². The van der Waals surface area contributed by atoms with Crippen LogP contribution in [-0.2, 0) is 0 Å². The van der Waals surface area contributed by atoms with Crippen LogP contribution in [0.15, 0.2) is 0 Å². The summed E-state index contributed by atoms with van der Waals surface area (Å²) in [5.74, 6) is 2.86. The van der Waals surface area contributed by atoms with Crippen molar-refractivity contribution < 1.29 is 0 Å². The summed E-state index contributed by atoms with van der Waals surface area (Å²) in [6, 6.07) is 0. The Balaban J connectivity index is 3.34. The highest BCUT2D eigenvalue weighted by Gasteiger charge is 2.07. The highest BCUT2D eigenvalue weighted by molar-refractivity contribution is 4.60. The molecular weight excluding hydrogens is 456 g/mol. The van der Waals surface area contributed by atoms with Crippen LogP contribution in [0.3, 0.4) is 0 Å². The van der Waals surface area contributed by atoms with Gasteiger partial charge in [0.15, 0.2) is 0 Å². The molecule has 0 aliphatic heterocycles. The molecule has 230 valence electrons. The van der Waals surface area contributed by atoms with Crippen molar-refractivity contribution in [2.75, 3.05) is 0 Å². The van der Waals surface area contributed by atoms with Gasteiger partial charge >= 0.3 is 0 Å². The normalized spacial score (nSPS) is 14.1. The van der Waals surface area contributed by atoms with E-state index in [0.29, 0.717) is 0 Å². The Hall–Kier alpha value is 0. The fraction of sp³-hybridized carbons (Fsp3) is 1.00. The van der Waals surface area contributed by atoms with Crippen molar-refractivity contribution >= 4 is 0 Å². The highest BCUT2D eigenvalue weighted by atomic mass is 14.1. The van der Waals surface area contributed by atoms with Gasteiger partial charge in [0.25, 0.3) is 0 Å². The van der Waals surface area contributed by atoms with Crippen molar-refractivity contribution in [3.05, 3.63) is 0 Å². The fourth-order valence-corrected chi connectivity index (χ4v) is 6.37. The summed E-state index contributed by atoms with van der Waals surface area (Å²) in [4.78, 5) is 0. The number of unbranched alkanes of at least 4 members (excludes halogenated alkanes) is 20. The molecule has 0 saturated carbocycles. The maximum Gasteiger partial charge on any atom is -0.0443 e. The van der Waals surface area contributed by atoms with Crippen molar-refractivity contribution in [1.82, 2.24) is 0 Å². The van der Waals surface area contributed by atoms with Crippen LogP contribution in [0.2, 0.25) is 0 Å². The third-order valence-corrected chi connectivity index (χ3v) is 9.39. The summed E-state index contributed by atoms with van der Waals surface area (Å²) in [5.41, 5.74) is 0. The first-order valence-corrected chi connectivity index (χ1v) is 18.6. The lowest BCUT2D eigenvalue weighted by Gasteiger charge is -2.14. The zero-order chi connectivity index (χ0) is 27.9. The first-order valence-electron chi connectivity index (χ1n) is 18.6. The molecule has 0 spiro atoms. The third-order valence-electron chi connectivity index (χ3n) is 9.39. The Kier molecular flexibility index (Phi) is 31.5. The minimum atomic E-state index is 0.950. The van der Waals surface area contributed by atoms with Gasteiger partial charge in [-0.1, -0.05) is 227 Å². The highest BCUT2D eigenvalue weighted by Crippen LogP contribution is 2.23. The molecule has 0 aromatic rings. The van der Waals surface area contributed by atoms with E-state index in [1.165, 1.54) is 193 Å². The average molecular weight is 535 g/mol. The molecule has 0 aliphatic carbocycles. The van der Waals surface area contributed by atoms with Crippen molar-refractivity contribution in [1.29, 1.82) is 0 Å². The van der Waals surface area contributed by atoms with E-state index in [4.69, 9.17) is 0 Å². The summed E-state index contributed by atoms with van der Waals surface area (Å²) >= 11 is 0. The van der Waals surface area contributed by atoms with E-state index in [0.717, 1.165) is 17.8 Å². The quantitative estimate of drug-likeness (QED) is 0.0752. The van der Waals surface area contributed by atoms with Gasteiger partial charge in [0.2, 0.25) is 0 Å². The summed E-state index contributed by atoms with van der Waals surface area (Å²) < 4.78 is 0. The molecule has 0 radical (unpaired) electrons. The minimum absolute atomic E-state index is 0.950. The van der Waals surface area contributed by atoms with Crippen LogP contribution in [-0.4, -0.2) is 0 Å².